The number of pyridine rings is 1. The lowest BCUT2D eigenvalue weighted by Crippen LogP contribution is -2.30. The lowest BCUT2D eigenvalue weighted by Gasteiger charge is -2.26. The molecule has 0 atom stereocenters. The average Bonchev–Trinajstić information content (AvgIpc) is 2.97. The number of aldehydes is 1. The third-order valence-corrected chi connectivity index (χ3v) is 3.87. The molecule has 0 unspecified atom stereocenters. The molecule has 1 aromatic rings. The maximum absolute atomic E-state index is 12.6. The SMILES string of the molecule is CCN(CC1CCCC1)c1ncc(CF)cc1C=O. The Morgan fingerprint density at radius 2 is 2.21 bits per heavy atom. The fraction of sp³-hybridized carbons (Fsp3) is 0.600. The summed E-state index contributed by atoms with van der Waals surface area (Å²) in [6.07, 6.45) is 7.43. The summed E-state index contributed by atoms with van der Waals surface area (Å²) in [6, 6.07) is 1.60. The first kappa shape index (κ1) is 14.0. The molecule has 0 amide bonds. The van der Waals surface area contributed by atoms with Gasteiger partial charge in [-0.2, -0.15) is 0 Å². The molecule has 0 N–H and O–H groups in total. The second-order valence-electron chi connectivity index (χ2n) is 5.20. The van der Waals surface area contributed by atoms with Crippen LogP contribution in [0, 0.1) is 5.92 Å². The van der Waals surface area contributed by atoms with Crippen LogP contribution >= 0.6 is 0 Å². The number of alkyl halides is 1. The van der Waals surface area contributed by atoms with E-state index in [1.165, 1.54) is 31.9 Å². The van der Waals surface area contributed by atoms with Gasteiger partial charge in [0.05, 0.1) is 5.56 Å². The number of anilines is 1. The van der Waals surface area contributed by atoms with Crippen LogP contribution in [-0.2, 0) is 6.67 Å². The van der Waals surface area contributed by atoms with Crippen molar-refractivity contribution in [3.63, 3.8) is 0 Å². The second kappa shape index (κ2) is 6.64. The van der Waals surface area contributed by atoms with Gasteiger partial charge in [0.1, 0.15) is 12.5 Å². The van der Waals surface area contributed by atoms with Gasteiger partial charge in [0.2, 0.25) is 0 Å². The van der Waals surface area contributed by atoms with Crippen molar-refractivity contribution in [3.05, 3.63) is 23.4 Å². The molecule has 0 spiro atoms. The minimum absolute atomic E-state index is 0.461. The van der Waals surface area contributed by atoms with E-state index in [-0.39, 0.29) is 0 Å². The molecule has 1 aliphatic carbocycles. The third kappa shape index (κ3) is 3.31. The van der Waals surface area contributed by atoms with E-state index in [9.17, 15) is 9.18 Å². The molecule has 2 rings (SSSR count). The van der Waals surface area contributed by atoms with Gasteiger partial charge in [0.25, 0.3) is 0 Å². The van der Waals surface area contributed by atoms with Crippen LogP contribution in [0.3, 0.4) is 0 Å². The molecular weight excluding hydrogens is 243 g/mol. The van der Waals surface area contributed by atoms with Crippen LogP contribution in [0.2, 0.25) is 0 Å². The monoisotopic (exact) mass is 264 g/mol. The molecule has 1 heterocycles. The summed E-state index contributed by atoms with van der Waals surface area (Å²) in [5, 5.41) is 0. The highest BCUT2D eigenvalue weighted by Crippen LogP contribution is 2.27. The number of hydrogen-bond acceptors (Lipinski definition) is 3. The van der Waals surface area contributed by atoms with E-state index in [0.717, 1.165) is 19.4 Å². The van der Waals surface area contributed by atoms with Crippen LogP contribution in [0.25, 0.3) is 0 Å². The topological polar surface area (TPSA) is 33.2 Å². The van der Waals surface area contributed by atoms with Crippen molar-refractivity contribution in [2.45, 2.75) is 39.3 Å². The van der Waals surface area contributed by atoms with Crippen molar-refractivity contribution >= 4 is 12.1 Å². The van der Waals surface area contributed by atoms with Gasteiger partial charge in [-0.05, 0) is 31.7 Å². The summed E-state index contributed by atoms with van der Waals surface area (Å²) < 4.78 is 12.6. The van der Waals surface area contributed by atoms with Gasteiger partial charge >= 0.3 is 0 Å². The van der Waals surface area contributed by atoms with Crippen molar-refractivity contribution in [2.24, 2.45) is 5.92 Å². The molecule has 104 valence electrons. The van der Waals surface area contributed by atoms with E-state index >= 15 is 0 Å². The maximum atomic E-state index is 12.6. The lowest BCUT2D eigenvalue weighted by molar-refractivity contribution is 0.112. The molecule has 1 aromatic heterocycles. The van der Waals surface area contributed by atoms with E-state index < -0.39 is 6.67 Å². The number of carbonyl (C=O) groups is 1. The predicted molar refractivity (Wildman–Crippen MR) is 74.3 cm³/mol. The molecular formula is C15H21FN2O. The van der Waals surface area contributed by atoms with Crippen LogP contribution in [-0.4, -0.2) is 24.4 Å². The van der Waals surface area contributed by atoms with Crippen molar-refractivity contribution < 1.29 is 9.18 Å². The Balaban J connectivity index is 2.18. The standard InChI is InChI=1S/C15H21FN2O/c1-2-18(10-12-5-3-4-6-12)15-14(11-19)7-13(8-16)9-17-15/h7,9,11-12H,2-6,8,10H2,1H3. The predicted octanol–water partition coefficient (Wildman–Crippen LogP) is 3.38. The van der Waals surface area contributed by atoms with Crippen molar-refractivity contribution in [1.82, 2.24) is 4.98 Å². The van der Waals surface area contributed by atoms with Gasteiger partial charge in [-0.3, -0.25) is 4.79 Å². The summed E-state index contributed by atoms with van der Waals surface area (Å²) in [6.45, 7) is 3.25. The molecule has 3 nitrogen and oxygen atoms in total. The van der Waals surface area contributed by atoms with Gasteiger partial charge in [-0.25, -0.2) is 9.37 Å². The molecule has 0 bridgehead atoms. The Labute approximate surface area is 113 Å². The number of hydrogen-bond donors (Lipinski definition) is 0. The van der Waals surface area contributed by atoms with E-state index in [0.29, 0.717) is 22.9 Å². The first-order chi connectivity index (χ1) is 9.28. The van der Waals surface area contributed by atoms with Gasteiger partial charge in [0, 0.05) is 24.8 Å². The van der Waals surface area contributed by atoms with Gasteiger partial charge in [0.15, 0.2) is 6.29 Å². The molecule has 1 aliphatic rings. The fourth-order valence-electron chi connectivity index (χ4n) is 2.81. The lowest BCUT2D eigenvalue weighted by atomic mass is 10.1. The van der Waals surface area contributed by atoms with Crippen molar-refractivity contribution in [3.8, 4) is 0 Å². The molecule has 0 saturated heterocycles. The van der Waals surface area contributed by atoms with E-state index in [1.807, 2.05) is 0 Å². The van der Waals surface area contributed by atoms with E-state index in [2.05, 4.69) is 16.8 Å². The fourth-order valence-corrected chi connectivity index (χ4v) is 2.81. The Kier molecular flexibility index (Phi) is 4.88. The summed E-state index contributed by atoms with van der Waals surface area (Å²) in [5.41, 5.74) is 0.956. The highest BCUT2D eigenvalue weighted by Gasteiger charge is 2.20. The maximum Gasteiger partial charge on any atom is 0.153 e. The quantitative estimate of drug-likeness (QED) is 0.738. The van der Waals surface area contributed by atoms with Crippen LogP contribution in [0.15, 0.2) is 12.3 Å². The molecule has 19 heavy (non-hydrogen) atoms. The summed E-state index contributed by atoms with van der Waals surface area (Å²) in [7, 11) is 0. The zero-order chi connectivity index (χ0) is 13.7. The van der Waals surface area contributed by atoms with Crippen LogP contribution in [0.5, 0.6) is 0 Å². The highest BCUT2D eigenvalue weighted by molar-refractivity contribution is 5.83. The van der Waals surface area contributed by atoms with Crippen LogP contribution in [0.4, 0.5) is 10.2 Å². The van der Waals surface area contributed by atoms with Crippen molar-refractivity contribution in [2.75, 3.05) is 18.0 Å². The normalized spacial score (nSPS) is 15.7. The molecule has 0 aliphatic heterocycles. The van der Waals surface area contributed by atoms with E-state index in [1.54, 1.807) is 6.07 Å². The Morgan fingerprint density at radius 3 is 2.79 bits per heavy atom. The van der Waals surface area contributed by atoms with Crippen LogP contribution < -0.4 is 4.90 Å². The van der Waals surface area contributed by atoms with Gasteiger partial charge in [-0.1, -0.05) is 12.8 Å². The molecule has 4 heteroatoms. The number of nitrogens with zero attached hydrogens (tertiary/aromatic N) is 2. The number of halogens is 1. The smallest absolute Gasteiger partial charge is 0.153 e. The Morgan fingerprint density at radius 1 is 1.47 bits per heavy atom. The Bertz CT molecular complexity index is 430. The summed E-state index contributed by atoms with van der Waals surface area (Å²) in [4.78, 5) is 17.6. The molecule has 1 saturated carbocycles. The van der Waals surface area contributed by atoms with Crippen LogP contribution in [0.1, 0.15) is 48.5 Å². The largest absolute Gasteiger partial charge is 0.356 e. The zero-order valence-corrected chi connectivity index (χ0v) is 11.4. The molecule has 0 radical (unpaired) electrons. The minimum Gasteiger partial charge on any atom is -0.356 e. The highest BCUT2D eigenvalue weighted by atomic mass is 19.1. The number of carbonyl (C=O) groups excluding carboxylic acids is 1. The minimum atomic E-state index is -0.580. The first-order valence-electron chi connectivity index (χ1n) is 7.03. The summed E-state index contributed by atoms with van der Waals surface area (Å²) in [5.74, 6) is 1.39. The van der Waals surface area contributed by atoms with Gasteiger partial charge in [-0.15, -0.1) is 0 Å². The number of aromatic nitrogens is 1. The van der Waals surface area contributed by atoms with Crippen molar-refractivity contribution in [1.29, 1.82) is 0 Å². The van der Waals surface area contributed by atoms with E-state index in [4.69, 9.17) is 0 Å². The molecule has 0 aromatic carbocycles. The third-order valence-electron chi connectivity index (χ3n) is 3.87. The molecule has 1 fully saturated rings. The average molecular weight is 264 g/mol. The summed E-state index contributed by atoms with van der Waals surface area (Å²) >= 11 is 0. The Hall–Kier alpha value is -1.45. The number of rotatable bonds is 6. The first-order valence-corrected chi connectivity index (χ1v) is 7.03. The zero-order valence-electron chi connectivity index (χ0n) is 11.4. The van der Waals surface area contributed by atoms with Gasteiger partial charge < -0.3 is 4.90 Å². The second-order valence-corrected chi connectivity index (χ2v) is 5.20.